The summed E-state index contributed by atoms with van der Waals surface area (Å²) in [5.74, 6) is 2.31. The summed E-state index contributed by atoms with van der Waals surface area (Å²) in [5.41, 5.74) is 5.98. The van der Waals surface area contributed by atoms with Crippen LogP contribution in [0.3, 0.4) is 0 Å². The largest absolute Gasteiger partial charge is 0.493 e. The summed E-state index contributed by atoms with van der Waals surface area (Å²) >= 11 is 0. The Morgan fingerprint density at radius 2 is 2.09 bits per heavy atom. The molecule has 2 atom stereocenters. The average Bonchev–Trinajstić information content (AvgIpc) is 3.08. The molecule has 4 aliphatic rings. The van der Waals surface area contributed by atoms with E-state index in [-0.39, 0.29) is 6.04 Å². The number of methoxy groups -OCH3 is 1. The van der Waals surface area contributed by atoms with E-state index in [2.05, 4.69) is 34.5 Å². The number of hydrogen-bond acceptors (Lipinski definition) is 5. The molecule has 0 amide bonds. The fourth-order valence-corrected chi connectivity index (χ4v) is 4.12. The predicted octanol–water partition coefficient (Wildman–Crippen LogP) is 2.58. The summed E-state index contributed by atoms with van der Waals surface area (Å²) in [6, 6.07) is 6.90. The van der Waals surface area contributed by atoms with E-state index in [0.717, 1.165) is 17.9 Å². The average molecular weight is 315 g/mol. The Morgan fingerprint density at radius 1 is 1.26 bits per heavy atom. The minimum Gasteiger partial charge on any atom is -0.493 e. The first kappa shape index (κ1) is 14.8. The molecule has 5 rings (SSSR count). The molecule has 2 bridgehead atoms. The van der Waals surface area contributed by atoms with E-state index in [1.165, 1.54) is 37.2 Å². The van der Waals surface area contributed by atoms with Gasteiger partial charge < -0.3 is 14.9 Å². The third-order valence-electron chi connectivity index (χ3n) is 5.30. The maximum absolute atomic E-state index is 5.87. The van der Waals surface area contributed by atoms with Crippen LogP contribution >= 0.6 is 0 Å². The fourth-order valence-electron chi connectivity index (χ4n) is 4.12. The molecule has 2 unspecified atom stereocenters. The summed E-state index contributed by atoms with van der Waals surface area (Å²) in [6.45, 7) is 5.21. The molecule has 0 saturated carbocycles. The van der Waals surface area contributed by atoms with Gasteiger partial charge in [-0.3, -0.25) is 4.90 Å². The van der Waals surface area contributed by atoms with Crippen molar-refractivity contribution < 1.29 is 9.47 Å². The predicted molar refractivity (Wildman–Crippen MR) is 90.2 cm³/mol. The van der Waals surface area contributed by atoms with Crippen LogP contribution in [0, 0.1) is 5.92 Å². The van der Waals surface area contributed by atoms with E-state index in [1.807, 2.05) is 6.07 Å². The highest BCUT2D eigenvalue weighted by Crippen LogP contribution is 2.40. The summed E-state index contributed by atoms with van der Waals surface area (Å²) in [6.07, 6.45) is 3.51. The number of piperidine rings is 3. The third kappa shape index (κ3) is 2.47. The number of ether oxygens (including phenoxy) is 2. The summed E-state index contributed by atoms with van der Waals surface area (Å²) < 4.78 is 11.3. The van der Waals surface area contributed by atoms with E-state index in [4.69, 9.17) is 9.47 Å². The number of benzene rings is 1. The van der Waals surface area contributed by atoms with Crippen molar-refractivity contribution in [3.8, 4) is 11.5 Å². The van der Waals surface area contributed by atoms with Crippen LogP contribution in [-0.4, -0.2) is 43.5 Å². The third-order valence-corrected chi connectivity index (χ3v) is 5.30. The van der Waals surface area contributed by atoms with Crippen molar-refractivity contribution in [3.63, 3.8) is 0 Å². The van der Waals surface area contributed by atoms with Gasteiger partial charge in [-0.1, -0.05) is 13.0 Å². The highest BCUT2D eigenvalue weighted by molar-refractivity contribution is 5.95. The minimum atomic E-state index is 0.225. The Hall–Kier alpha value is -1.75. The standard InChI is InChI=1S/C18H25N3O2/c1-3-10-23-15-11-13(4-5-14(15)22-2)17-18-16(19-20-17)12-6-8-21(18)9-7-12/h4-5,11-12,17-18,20H,3,6-10H2,1-2H3. The van der Waals surface area contributed by atoms with Crippen molar-refractivity contribution in [2.75, 3.05) is 26.8 Å². The Labute approximate surface area is 137 Å². The van der Waals surface area contributed by atoms with Crippen molar-refractivity contribution in [1.82, 2.24) is 10.3 Å². The van der Waals surface area contributed by atoms with Crippen molar-refractivity contribution in [2.45, 2.75) is 38.3 Å². The molecule has 4 heterocycles. The van der Waals surface area contributed by atoms with Gasteiger partial charge in [-0.05, 0) is 50.0 Å². The lowest BCUT2D eigenvalue weighted by atomic mass is 9.78. The SMILES string of the molecule is CCCOc1cc(C2NN=C3C4CCN(CC4)C32)ccc1OC. The second-order valence-electron chi connectivity index (χ2n) is 6.66. The molecule has 3 fully saturated rings. The van der Waals surface area contributed by atoms with Gasteiger partial charge >= 0.3 is 0 Å². The lowest BCUT2D eigenvalue weighted by molar-refractivity contribution is 0.133. The lowest BCUT2D eigenvalue weighted by Crippen LogP contribution is -2.56. The van der Waals surface area contributed by atoms with Gasteiger partial charge in [0, 0.05) is 5.92 Å². The molecule has 0 spiro atoms. The first-order chi connectivity index (χ1) is 11.3. The number of fused-ring (bicyclic) bond motifs is 2. The van der Waals surface area contributed by atoms with Gasteiger partial charge in [0.2, 0.25) is 0 Å². The van der Waals surface area contributed by atoms with Crippen molar-refractivity contribution >= 4 is 5.71 Å². The maximum Gasteiger partial charge on any atom is 0.161 e. The number of hydrazone groups is 1. The fraction of sp³-hybridized carbons (Fsp3) is 0.611. The Bertz CT molecular complexity index is 608. The molecule has 0 radical (unpaired) electrons. The summed E-state index contributed by atoms with van der Waals surface area (Å²) in [4.78, 5) is 2.58. The van der Waals surface area contributed by atoms with Gasteiger partial charge in [0.05, 0.1) is 31.5 Å². The molecule has 3 saturated heterocycles. The zero-order chi connectivity index (χ0) is 15.8. The molecule has 1 N–H and O–H groups in total. The molecule has 4 aliphatic heterocycles. The molecular weight excluding hydrogens is 290 g/mol. The zero-order valence-electron chi connectivity index (χ0n) is 13.9. The van der Waals surface area contributed by atoms with Crippen molar-refractivity contribution in [3.05, 3.63) is 23.8 Å². The Balaban J connectivity index is 1.61. The first-order valence-corrected chi connectivity index (χ1v) is 8.69. The van der Waals surface area contributed by atoms with Crippen LogP contribution in [0.5, 0.6) is 11.5 Å². The zero-order valence-corrected chi connectivity index (χ0v) is 13.9. The highest BCUT2D eigenvalue weighted by Gasteiger charge is 2.46. The first-order valence-electron chi connectivity index (χ1n) is 8.69. The summed E-state index contributed by atoms with van der Waals surface area (Å²) in [7, 11) is 1.69. The van der Waals surface area contributed by atoms with Gasteiger partial charge in [0.15, 0.2) is 11.5 Å². The topological polar surface area (TPSA) is 46.1 Å². The van der Waals surface area contributed by atoms with Crippen LogP contribution in [0.25, 0.3) is 0 Å². The van der Waals surface area contributed by atoms with Gasteiger partial charge in [-0.15, -0.1) is 0 Å². The van der Waals surface area contributed by atoms with Crippen molar-refractivity contribution in [2.24, 2.45) is 11.0 Å². The van der Waals surface area contributed by atoms with Gasteiger partial charge in [0.1, 0.15) is 0 Å². The minimum absolute atomic E-state index is 0.225. The Kier molecular flexibility index (Phi) is 3.89. The van der Waals surface area contributed by atoms with E-state index in [1.54, 1.807) is 7.11 Å². The van der Waals surface area contributed by atoms with Gasteiger partial charge in [-0.25, -0.2) is 0 Å². The number of nitrogens with one attached hydrogen (secondary N) is 1. The quantitative estimate of drug-likeness (QED) is 0.907. The van der Waals surface area contributed by atoms with Crippen LogP contribution < -0.4 is 14.9 Å². The normalized spacial score (nSPS) is 31.3. The lowest BCUT2D eigenvalue weighted by Gasteiger charge is -2.45. The second kappa shape index (κ2) is 6.04. The van der Waals surface area contributed by atoms with E-state index < -0.39 is 0 Å². The van der Waals surface area contributed by atoms with Gasteiger partial charge in [-0.2, -0.15) is 5.10 Å². The van der Waals surface area contributed by atoms with Gasteiger partial charge in [0.25, 0.3) is 0 Å². The molecule has 124 valence electrons. The van der Waals surface area contributed by atoms with Crippen LogP contribution in [0.2, 0.25) is 0 Å². The molecule has 1 aromatic rings. The van der Waals surface area contributed by atoms with E-state index >= 15 is 0 Å². The highest BCUT2D eigenvalue weighted by atomic mass is 16.5. The van der Waals surface area contributed by atoms with Crippen LogP contribution in [0.4, 0.5) is 0 Å². The smallest absolute Gasteiger partial charge is 0.161 e. The molecule has 5 nitrogen and oxygen atoms in total. The molecule has 1 aromatic carbocycles. The van der Waals surface area contributed by atoms with Crippen LogP contribution in [0.15, 0.2) is 23.3 Å². The molecular formula is C18H25N3O2. The molecule has 23 heavy (non-hydrogen) atoms. The molecule has 0 aliphatic carbocycles. The molecule has 0 aromatic heterocycles. The number of hydrogen-bond donors (Lipinski definition) is 1. The molecule has 5 heteroatoms. The Morgan fingerprint density at radius 3 is 2.83 bits per heavy atom. The van der Waals surface area contributed by atoms with E-state index in [0.29, 0.717) is 18.6 Å². The summed E-state index contributed by atoms with van der Waals surface area (Å²) in [5, 5.41) is 4.69. The van der Waals surface area contributed by atoms with E-state index in [9.17, 15) is 0 Å². The second-order valence-corrected chi connectivity index (χ2v) is 6.66. The van der Waals surface area contributed by atoms with Crippen molar-refractivity contribution in [1.29, 1.82) is 0 Å². The monoisotopic (exact) mass is 315 g/mol. The van der Waals surface area contributed by atoms with Crippen LogP contribution in [0.1, 0.15) is 37.8 Å². The van der Waals surface area contributed by atoms with Crippen LogP contribution in [-0.2, 0) is 0 Å². The maximum atomic E-state index is 5.87. The number of nitrogens with zero attached hydrogens (tertiary/aromatic N) is 2. The number of rotatable bonds is 5.